The van der Waals surface area contributed by atoms with Crippen molar-refractivity contribution in [3.05, 3.63) is 35.9 Å². The molecule has 0 heterocycles. The molecule has 18 heavy (non-hydrogen) atoms. The maximum absolute atomic E-state index is 11.5. The molecule has 1 unspecified atom stereocenters. The van der Waals surface area contributed by atoms with Crippen LogP contribution in [0.1, 0.15) is 44.3 Å². The number of unbranched alkanes of at least 4 members (excludes halogenated alkanes) is 1. The maximum Gasteiger partial charge on any atom is 0.150 e. The van der Waals surface area contributed by atoms with E-state index in [1.807, 2.05) is 37.3 Å². The highest BCUT2D eigenvalue weighted by Gasteiger charge is 2.10. The molecule has 1 aromatic rings. The number of rotatable bonds is 8. The van der Waals surface area contributed by atoms with Crippen LogP contribution >= 0.6 is 0 Å². The van der Waals surface area contributed by atoms with Gasteiger partial charge in [0.05, 0.1) is 11.9 Å². The van der Waals surface area contributed by atoms with Gasteiger partial charge >= 0.3 is 0 Å². The van der Waals surface area contributed by atoms with Gasteiger partial charge in [0, 0.05) is 5.75 Å². The van der Waals surface area contributed by atoms with Crippen LogP contribution in [-0.2, 0) is 9.84 Å². The Hall–Kier alpha value is -0.870. The molecule has 0 aromatic heterocycles. The normalized spacial score (nSPS) is 13.4. The average Bonchev–Trinajstić information content (AvgIpc) is 2.35. The van der Waals surface area contributed by atoms with Gasteiger partial charge in [0.25, 0.3) is 0 Å². The lowest BCUT2D eigenvalue weighted by atomic mass is 10.0. The van der Waals surface area contributed by atoms with Gasteiger partial charge in [-0.05, 0) is 31.2 Å². The quantitative estimate of drug-likeness (QED) is 0.739. The van der Waals surface area contributed by atoms with Crippen molar-refractivity contribution >= 4 is 9.84 Å². The van der Waals surface area contributed by atoms with E-state index in [9.17, 15) is 13.5 Å². The van der Waals surface area contributed by atoms with E-state index in [1.54, 1.807) is 0 Å². The third-order valence-electron chi connectivity index (χ3n) is 2.88. The molecule has 4 heteroatoms. The number of hydrogen-bond donors (Lipinski definition) is 1. The highest BCUT2D eigenvalue weighted by Crippen LogP contribution is 2.18. The van der Waals surface area contributed by atoms with Gasteiger partial charge in [0.15, 0.2) is 0 Å². The highest BCUT2D eigenvalue weighted by molar-refractivity contribution is 7.91. The fraction of sp³-hybridized carbons (Fsp3) is 0.571. The molecule has 0 amide bonds. The first kappa shape index (κ1) is 15.2. The molecule has 0 saturated heterocycles. The summed E-state index contributed by atoms with van der Waals surface area (Å²) in [5.74, 6) is 0.511. The Morgan fingerprint density at radius 1 is 1.11 bits per heavy atom. The van der Waals surface area contributed by atoms with Gasteiger partial charge in [-0.1, -0.05) is 37.3 Å². The smallest absolute Gasteiger partial charge is 0.150 e. The number of sulfone groups is 1. The Bertz CT molecular complexity index is 426. The third kappa shape index (κ3) is 5.65. The summed E-state index contributed by atoms with van der Waals surface area (Å²) in [6.07, 6.45) is 2.17. The Labute approximate surface area is 110 Å². The summed E-state index contributed by atoms with van der Waals surface area (Å²) in [6, 6.07) is 9.47. The average molecular weight is 270 g/mol. The van der Waals surface area contributed by atoms with E-state index in [4.69, 9.17) is 0 Å². The Morgan fingerprint density at radius 2 is 1.78 bits per heavy atom. The summed E-state index contributed by atoms with van der Waals surface area (Å²) < 4.78 is 23.0. The summed E-state index contributed by atoms with van der Waals surface area (Å²) in [4.78, 5) is 0. The van der Waals surface area contributed by atoms with Crippen molar-refractivity contribution in [2.24, 2.45) is 0 Å². The second-order valence-electron chi connectivity index (χ2n) is 4.57. The predicted molar refractivity (Wildman–Crippen MR) is 74.2 cm³/mol. The largest absolute Gasteiger partial charge is 0.388 e. The Morgan fingerprint density at radius 3 is 2.39 bits per heavy atom. The minimum absolute atomic E-state index is 0.238. The van der Waals surface area contributed by atoms with Crippen LogP contribution in [0.25, 0.3) is 0 Å². The van der Waals surface area contributed by atoms with Crippen molar-refractivity contribution < 1.29 is 13.5 Å². The van der Waals surface area contributed by atoms with Crippen LogP contribution in [0.4, 0.5) is 0 Å². The van der Waals surface area contributed by atoms with Crippen molar-refractivity contribution in [2.75, 3.05) is 11.5 Å². The topological polar surface area (TPSA) is 54.4 Å². The summed E-state index contributed by atoms with van der Waals surface area (Å²) in [5.41, 5.74) is 0.897. The summed E-state index contributed by atoms with van der Waals surface area (Å²) in [5, 5.41) is 9.90. The SMILES string of the molecule is CCCS(=O)(=O)CCCCC(O)c1ccccc1. The predicted octanol–water partition coefficient (Wildman–Crippen LogP) is 2.72. The zero-order valence-electron chi connectivity index (χ0n) is 10.9. The molecule has 1 aromatic carbocycles. The monoisotopic (exact) mass is 270 g/mol. The second kappa shape index (κ2) is 7.54. The summed E-state index contributed by atoms with van der Waals surface area (Å²) >= 11 is 0. The molecule has 0 aliphatic heterocycles. The van der Waals surface area contributed by atoms with E-state index < -0.39 is 15.9 Å². The second-order valence-corrected chi connectivity index (χ2v) is 6.88. The van der Waals surface area contributed by atoms with E-state index in [0.29, 0.717) is 19.3 Å². The first-order chi connectivity index (χ1) is 8.55. The molecule has 3 nitrogen and oxygen atoms in total. The van der Waals surface area contributed by atoms with Crippen LogP contribution < -0.4 is 0 Å². The molecule has 1 N–H and O–H groups in total. The molecule has 102 valence electrons. The maximum atomic E-state index is 11.5. The molecule has 0 spiro atoms. The van der Waals surface area contributed by atoms with Crippen LogP contribution in [-0.4, -0.2) is 25.0 Å². The third-order valence-corrected chi connectivity index (χ3v) is 4.82. The Balaban J connectivity index is 2.27. The first-order valence-corrected chi connectivity index (χ1v) is 8.30. The van der Waals surface area contributed by atoms with Crippen molar-refractivity contribution in [1.29, 1.82) is 0 Å². The van der Waals surface area contributed by atoms with Crippen LogP contribution in [0.2, 0.25) is 0 Å². The van der Waals surface area contributed by atoms with Gasteiger partial charge in [-0.3, -0.25) is 0 Å². The van der Waals surface area contributed by atoms with Gasteiger partial charge in [0.1, 0.15) is 9.84 Å². The Kier molecular flexibility index (Phi) is 6.36. The van der Waals surface area contributed by atoms with E-state index in [1.165, 1.54) is 0 Å². The standard InChI is InChI=1S/C14H22O3S/c1-2-11-18(16,17)12-7-6-10-14(15)13-8-4-3-5-9-13/h3-5,8-9,14-15H,2,6-7,10-12H2,1H3. The first-order valence-electron chi connectivity index (χ1n) is 6.48. The highest BCUT2D eigenvalue weighted by atomic mass is 32.2. The molecule has 0 bridgehead atoms. The van der Waals surface area contributed by atoms with E-state index in [-0.39, 0.29) is 11.5 Å². The van der Waals surface area contributed by atoms with Gasteiger partial charge in [-0.2, -0.15) is 0 Å². The summed E-state index contributed by atoms with van der Waals surface area (Å²) in [6.45, 7) is 1.87. The molecule has 0 saturated carbocycles. The van der Waals surface area contributed by atoms with Crippen molar-refractivity contribution in [1.82, 2.24) is 0 Å². The molecule has 1 rings (SSSR count). The lowest BCUT2D eigenvalue weighted by Gasteiger charge is -2.10. The number of hydrogen-bond acceptors (Lipinski definition) is 3. The lowest BCUT2D eigenvalue weighted by molar-refractivity contribution is 0.164. The van der Waals surface area contributed by atoms with Crippen molar-refractivity contribution in [2.45, 2.75) is 38.7 Å². The van der Waals surface area contributed by atoms with Crippen molar-refractivity contribution in [3.63, 3.8) is 0 Å². The minimum atomic E-state index is -2.88. The van der Waals surface area contributed by atoms with E-state index in [2.05, 4.69) is 0 Å². The number of aliphatic hydroxyl groups is 1. The van der Waals surface area contributed by atoms with Crippen molar-refractivity contribution in [3.8, 4) is 0 Å². The minimum Gasteiger partial charge on any atom is -0.388 e. The number of aliphatic hydroxyl groups excluding tert-OH is 1. The lowest BCUT2D eigenvalue weighted by Crippen LogP contribution is -2.10. The number of benzene rings is 1. The molecule has 0 aliphatic carbocycles. The molecule has 0 radical (unpaired) electrons. The van der Waals surface area contributed by atoms with Gasteiger partial charge < -0.3 is 5.11 Å². The van der Waals surface area contributed by atoms with Gasteiger partial charge in [0.2, 0.25) is 0 Å². The molecular weight excluding hydrogens is 248 g/mol. The fourth-order valence-corrected chi connectivity index (χ4v) is 3.38. The molecule has 0 fully saturated rings. The fourth-order valence-electron chi connectivity index (χ4n) is 1.91. The van der Waals surface area contributed by atoms with Crippen LogP contribution in [0.3, 0.4) is 0 Å². The van der Waals surface area contributed by atoms with Crippen LogP contribution in [0, 0.1) is 0 Å². The van der Waals surface area contributed by atoms with Crippen LogP contribution in [0.5, 0.6) is 0 Å². The van der Waals surface area contributed by atoms with E-state index >= 15 is 0 Å². The summed E-state index contributed by atoms with van der Waals surface area (Å²) in [7, 11) is -2.88. The molecule has 0 aliphatic rings. The zero-order valence-corrected chi connectivity index (χ0v) is 11.7. The molecular formula is C14H22O3S. The van der Waals surface area contributed by atoms with Gasteiger partial charge in [-0.15, -0.1) is 0 Å². The van der Waals surface area contributed by atoms with Crippen LogP contribution in [0.15, 0.2) is 30.3 Å². The molecule has 1 atom stereocenters. The van der Waals surface area contributed by atoms with E-state index in [0.717, 1.165) is 12.0 Å². The van der Waals surface area contributed by atoms with Gasteiger partial charge in [-0.25, -0.2) is 8.42 Å². The zero-order chi connectivity index (χ0) is 13.4.